The summed E-state index contributed by atoms with van der Waals surface area (Å²) in [6.45, 7) is -0.745. The van der Waals surface area contributed by atoms with E-state index in [0.717, 1.165) is 0 Å². The second-order valence-corrected chi connectivity index (χ2v) is 6.35. The molecule has 1 N–H and O–H groups in total. The molecule has 0 bridgehead atoms. The first kappa shape index (κ1) is 18.8. The first-order chi connectivity index (χ1) is 13.0. The lowest BCUT2D eigenvalue weighted by Gasteiger charge is -2.10. The molecule has 2 aromatic carbocycles. The Morgan fingerprint density at radius 3 is 2.70 bits per heavy atom. The van der Waals surface area contributed by atoms with Gasteiger partial charge in [0.25, 0.3) is 11.7 Å². The summed E-state index contributed by atoms with van der Waals surface area (Å²) in [4.78, 5) is 24.1. The summed E-state index contributed by atoms with van der Waals surface area (Å²) in [5.74, 6) is -3.91. The van der Waals surface area contributed by atoms with Gasteiger partial charge < -0.3 is 10.1 Å². The second kappa shape index (κ2) is 8.58. The summed E-state index contributed by atoms with van der Waals surface area (Å²) >= 11 is 0.321. The third-order valence-corrected chi connectivity index (χ3v) is 4.23. The highest BCUT2D eigenvalue weighted by atomic mass is 32.2. The number of para-hydroxylation sites is 2. The van der Waals surface area contributed by atoms with Crippen LogP contribution in [0.25, 0.3) is 11.0 Å². The molecular formula is C17H14F2N4O3S. The molecule has 0 aliphatic carbocycles. The molecule has 140 valence electrons. The predicted molar refractivity (Wildman–Crippen MR) is 95.4 cm³/mol. The number of rotatable bonds is 7. The van der Waals surface area contributed by atoms with Crippen molar-refractivity contribution in [3.8, 4) is 0 Å². The number of amides is 1. The van der Waals surface area contributed by atoms with Crippen molar-refractivity contribution >= 4 is 40.4 Å². The maximum Gasteiger partial charge on any atom is 0.328 e. The minimum absolute atomic E-state index is 0.203. The van der Waals surface area contributed by atoms with Gasteiger partial charge in [0.2, 0.25) is 0 Å². The molecule has 10 heteroatoms. The third-order valence-electron chi connectivity index (χ3n) is 3.44. The number of ether oxygens (including phenoxy) is 1. The SMILES string of the molecule is O=C(COC(=O)Cn1nnc2ccccc21)Nc1ccccc1SC(F)F. The molecule has 0 radical (unpaired) electrons. The van der Waals surface area contributed by atoms with E-state index < -0.39 is 24.2 Å². The van der Waals surface area contributed by atoms with E-state index in [2.05, 4.69) is 15.6 Å². The molecule has 27 heavy (non-hydrogen) atoms. The fraction of sp³-hybridized carbons (Fsp3) is 0.176. The van der Waals surface area contributed by atoms with Crippen LogP contribution in [-0.4, -0.2) is 39.2 Å². The summed E-state index contributed by atoms with van der Waals surface area (Å²) in [7, 11) is 0. The highest BCUT2D eigenvalue weighted by Gasteiger charge is 2.14. The normalized spacial score (nSPS) is 10.9. The lowest BCUT2D eigenvalue weighted by molar-refractivity contribution is -0.148. The number of benzene rings is 2. The van der Waals surface area contributed by atoms with Crippen molar-refractivity contribution in [2.75, 3.05) is 11.9 Å². The van der Waals surface area contributed by atoms with Gasteiger partial charge in [-0.15, -0.1) is 5.10 Å². The smallest absolute Gasteiger partial charge is 0.328 e. The number of halogens is 2. The number of carbonyl (C=O) groups is 2. The number of esters is 1. The van der Waals surface area contributed by atoms with Crippen molar-refractivity contribution in [2.24, 2.45) is 0 Å². The predicted octanol–water partition coefficient (Wildman–Crippen LogP) is 2.93. The van der Waals surface area contributed by atoms with E-state index in [9.17, 15) is 18.4 Å². The Labute approximate surface area is 156 Å². The Morgan fingerprint density at radius 1 is 1.15 bits per heavy atom. The molecule has 3 aromatic rings. The fourth-order valence-corrected chi connectivity index (χ4v) is 2.90. The van der Waals surface area contributed by atoms with Gasteiger partial charge in [0.1, 0.15) is 12.1 Å². The summed E-state index contributed by atoms with van der Waals surface area (Å²) in [6.07, 6.45) is 0. The quantitative estimate of drug-likeness (QED) is 0.492. The van der Waals surface area contributed by atoms with Crippen LogP contribution in [0, 0.1) is 0 Å². The van der Waals surface area contributed by atoms with E-state index in [1.165, 1.54) is 16.8 Å². The topological polar surface area (TPSA) is 86.1 Å². The maximum absolute atomic E-state index is 12.6. The minimum atomic E-state index is -2.61. The van der Waals surface area contributed by atoms with Crippen LogP contribution in [0.5, 0.6) is 0 Å². The molecule has 0 unspecified atom stereocenters. The molecule has 0 aliphatic rings. The zero-order chi connectivity index (χ0) is 19.2. The molecular weight excluding hydrogens is 378 g/mol. The zero-order valence-corrected chi connectivity index (χ0v) is 14.7. The van der Waals surface area contributed by atoms with E-state index in [1.807, 2.05) is 0 Å². The van der Waals surface area contributed by atoms with Crippen molar-refractivity contribution in [3.63, 3.8) is 0 Å². The number of anilines is 1. The number of alkyl halides is 2. The molecule has 0 saturated heterocycles. The van der Waals surface area contributed by atoms with Crippen LogP contribution in [0.3, 0.4) is 0 Å². The van der Waals surface area contributed by atoms with Crippen molar-refractivity contribution in [1.29, 1.82) is 0 Å². The molecule has 3 rings (SSSR count). The summed E-state index contributed by atoms with van der Waals surface area (Å²) < 4.78 is 31.4. The van der Waals surface area contributed by atoms with Crippen molar-refractivity contribution < 1.29 is 23.1 Å². The van der Waals surface area contributed by atoms with E-state index in [1.54, 1.807) is 36.4 Å². The van der Waals surface area contributed by atoms with E-state index in [-0.39, 0.29) is 17.1 Å². The number of fused-ring (bicyclic) bond motifs is 1. The number of nitrogens with one attached hydrogen (secondary N) is 1. The van der Waals surface area contributed by atoms with Gasteiger partial charge in [0.05, 0.1) is 11.2 Å². The van der Waals surface area contributed by atoms with E-state index >= 15 is 0 Å². The van der Waals surface area contributed by atoms with Crippen LogP contribution in [-0.2, 0) is 20.9 Å². The van der Waals surface area contributed by atoms with Gasteiger partial charge >= 0.3 is 5.97 Å². The number of nitrogens with zero attached hydrogens (tertiary/aromatic N) is 3. The summed E-state index contributed by atoms with van der Waals surface area (Å²) in [5.41, 5.74) is 1.53. The molecule has 1 aromatic heterocycles. The van der Waals surface area contributed by atoms with Crippen LogP contribution in [0.4, 0.5) is 14.5 Å². The first-order valence-corrected chi connectivity index (χ1v) is 8.68. The molecule has 7 nitrogen and oxygen atoms in total. The van der Waals surface area contributed by atoms with Crippen LogP contribution in [0.15, 0.2) is 53.4 Å². The van der Waals surface area contributed by atoms with Gasteiger partial charge in [0, 0.05) is 4.90 Å². The Morgan fingerprint density at radius 2 is 1.89 bits per heavy atom. The fourth-order valence-electron chi connectivity index (χ4n) is 2.30. The standard InChI is InChI=1S/C17H14F2N4O3S/c18-17(19)27-14-8-4-2-6-12(14)20-15(24)10-26-16(25)9-23-13-7-3-1-5-11(13)21-22-23/h1-8,17H,9-10H2,(H,20,24). The lowest BCUT2D eigenvalue weighted by atomic mass is 10.3. The van der Waals surface area contributed by atoms with Crippen molar-refractivity contribution in [3.05, 3.63) is 48.5 Å². The van der Waals surface area contributed by atoms with E-state index in [0.29, 0.717) is 22.8 Å². The van der Waals surface area contributed by atoms with Crippen molar-refractivity contribution in [1.82, 2.24) is 15.0 Å². The second-order valence-electron chi connectivity index (χ2n) is 5.32. The largest absolute Gasteiger partial charge is 0.454 e. The number of hydrogen-bond acceptors (Lipinski definition) is 6. The Kier molecular flexibility index (Phi) is 5.97. The maximum atomic E-state index is 12.6. The Balaban J connectivity index is 1.54. The Hall–Kier alpha value is -3.01. The average molecular weight is 392 g/mol. The van der Waals surface area contributed by atoms with Gasteiger partial charge in [-0.1, -0.05) is 41.2 Å². The minimum Gasteiger partial charge on any atom is -0.454 e. The number of carbonyl (C=O) groups excluding carboxylic acids is 2. The van der Waals surface area contributed by atoms with Gasteiger partial charge in [-0.25, -0.2) is 4.68 Å². The summed E-state index contributed by atoms with van der Waals surface area (Å²) in [5, 5.41) is 10.2. The number of hydrogen-bond donors (Lipinski definition) is 1. The zero-order valence-electron chi connectivity index (χ0n) is 13.8. The molecule has 0 spiro atoms. The van der Waals surface area contributed by atoms with E-state index in [4.69, 9.17) is 4.74 Å². The monoisotopic (exact) mass is 392 g/mol. The molecule has 0 saturated carbocycles. The van der Waals surface area contributed by atoms with Crippen LogP contribution in [0.2, 0.25) is 0 Å². The van der Waals surface area contributed by atoms with Gasteiger partial charge in [0.15, 0.2) is 6.61 Å². The molecule has 1 heterocycles. The summed E-state index contributed by atoms with van der Waals surface area (Å²) in [6, 6.07) is 13.2. The number of thioether (sulfide) groups is 1. The molecule has 0 atom stereocenters. The third kappa shape index (κ3) is 5.00. The van der Waals surface area contributed by atoms with Crippen molar-refractivity contribution in [2.45, 2.75) is 17.2 Å². The Bertz CT molecular complexity index is 964. The first-order valence-electron chi connectivity index (χ1n) is 7.80. The van der Waals surface area contributed by atoms with Crippen LogP contribution in [0.1, 0.15) is 0 Å². The number of aromatic nitrogens is 3. The molecule has 1 amide bonds. The molecule has 0 aliphatic heterocycles. The van der Waals surface area contributed by atoms with Gasteiger partial charge in [-0.05, 0) is 24.3 Å². The van der Waals surface area contributed by atoms with Gasteiger partial charge in [-0.2, -0.15) is 8.78 Å². The van der Waals surface area contributed by atoms with Gasteiger partial charge in [-0.3, -0.25) is 9.59 Å². The van der Waals surface area contributed by atoms with Crippen LogP contribution < -0.4 is 5.32 Å². The lowest BCUT2D eigenvalue weighted by Crippen LogP contribution is -2.23. The highest BCUT2D eigenvalue weighted by molar-refractivity contribution is 7.99. The average Bonchev–Trinajstić information content (AvgIpc) is 3.04. The molecule has 0 fully saturated rings. The highest BCUT2D eigenvalue weighted by Crippen LogP contribution is 2.31. The van der Waals surface area contributed by atoms with Crippen LogP contribution >= 0.6 is 11.8 Å².